The Morgan fingerprint density at radius 2 is 1.61 bits per heavy atom. The van der Waals surface area contributed by atoms with Crippen LogP contribution < -0.4 is 5.48 Å². The van der Waals surface area contributed by atoms with Crippen molar-refractivity contribution in [2.24, 2.45) is 0 Å². The average molecular weight is 311 g/mol. The third-order valence-corrected chi connectivity index (χ3v) is 3.73. The van der Waals surface area contributed by atoms with E-state index in [1.807, 2.05) is 60.7 Å². The molecule has 2 rings (SSSR count). The van der Waals surface area contributed by atoms with Crippen LogP contribution in [0.1, 0.15) is 55.6 Å². The van der Waals surface area contributed by atoms with E-state index in [0.717, 1.165) is 18.4 Å². The van der Waals surface area contributed by atoms with Crippen LogP contribution in [0.3, 0.4) is 0 Å². The maximum Gasteiger partial charge on any atom is 0.198 e. The number of rotatable bonds is 8. The lowest BCUT2D eigenvalue weighted by atomic mass is 9.99. The molecule has 0 radical (unpaired) electrons. The summed E-state index contributed by atoms with van der Waals surface area (Å²) in [6, 6.07) is 18.9. The van der Waals surface area contributed by atoms with Gasteiger partial charge in [-0.3, -0.25) is 9.63 Å². The third kappa shape index (κ3) is 5.02. The van der Waals surface area contributed by atoms with E-state index < -0.39 is 6.10 Å². The van der Waals surface area contributed by atoms with Crippen molar-refractivity contribution in [2.45, 2.75) is 45.3 Å². The Bertz CT molecular complexity index is 608. The highest BCUT2D eigenvalue weighted by atomic mass is 16.7. The highest BCUT2D eigenvalue weighted by Gasteiger charge is 2.26. The largest absolute Gasteiger partial charge is 0.291 e. The van der Waals surface area contributed by atoms with Gasteiger partial charge in [0.1, 0.15) is 0 Å². The predicted octanol–water partition coefficient (Wildman–Crippen LogP) is 4.71. The summed E-state index contributed by atoms with van der Waals surface area (Å²) in [7, 11) is 0. The zero-order valence-corrected chi connectivity index (χ0v) is 14.1. The monoisotopic (exact) mass is 311 g/mol. The zero-order valence-electron chi connectivity index (χ0n) is 14.1. The Hall–Kier alpha value is -1.97. The fourth-order valence-corrected chi connectivity index (χ4v) is 2.55. The summed E-state index contributed by atoms with van der Waals surface area (Å²) >= 11 is 0. The first-order valence-electron chi connectivity index (χ1n) is 8.10. The van der Waals surface area contributed by atoms with E-state index >= 15 is 0 Å². The van der Waals surface area contributed by atoms with Gasteiger partial charge in [-0.25, -0.2) is 0 Å². The summed E-state index contributed by atoms with van der Waals surface area (Å²) in [5, 5.41) is 0. The minimum atomic E-state index is -0.658. The molecule has 3 nitrogen and oxygen atoms in total. The topological polar surface area (TPSA) is 38.3 Å². The molecule has 1 atom stereocenters. The van der Waals surface area contributed by atoms with Crippen LogP contribution in [-0.2, 0) is 4.84 Å². The molecule has 2 aromatic carbocycles. The molecule has 0 saturated carbocycles. The standard InChI is InChI=1S/C20H25NO2/c1-4-15-20(2,3)21-23-19(17-13-9-6-10-14-17)18(22)16-11-7-5-8-12-16/h5-14,19,21H,4,15H2,1-3H3. The molecule has 0 bridgehead atoms. The Morgan fingerprint density at radius 1 is 1.04 bits per heavy atom. The Kier molecular flexibility index (Phi) is 6.08. The number of benzene rings is 2. The second kappa shape index (κ2) is 8.04. The van der Waals surface area contributed by atoms with Crippen molar-refractivity contribution in [1.29, 1.82) is 0 Å². The first-order valence-corrected chi connectivity index (χ1v) is 8.10. The van der Waals surface area contributed by atoms with E-state index in [9.17, 15) is 4.79 Å². The van der Waals surface area contributed by atoms with Crippen LogP contribution in [0.25, 0.3) is 0 Å². The Morgan fingerprint density at radius 3 is 2.17 bits per heavy atom. The minimum absolute atomic E-state index is 0.0448. The van der Waals surface area contributed by atoms with E-state index in [0.29, 0.717) is 5.56 Å². The number of carbonyl (C=O) groups excluding carboxylic acids is 1. The van der Waals surface area contributed by atoms with Gasteiger partial charge in [0.15, 0.2) is 11.9 Å². The molecule has 0 heterocycles. The molecule has 0 aliphatic carbocycles. The summed E-state index contributed by atoms with van der Waals surface area (Å²) in [5.41, 5.74) is 4.40. The third-order valence-electron chi connectivity index (χ3n) is 3.73. The van der Waals surface area contributed by atoms with Gasteiger partial charge in [0.2, 0.25) is 0 Å². The van der Waals surface area contributed by atoms with E-state index in [2.05, 4.69) is 26.3 Å². The number of hydrogen-bond donors (Lipinski definition) is 1. The van der Waals surface area contributed by atoms with Crippen molar-refractivity contribution < 1.29 is 9.63 Å². The van der Waals surface area contributed by atoms with Crippen LogP contribution in [-0.4, -0.2) is 11.3 Å². The summed E-state index contributed by atoms with van der Waals surface area (Å²) < 4.78 is 0. The van der Waals surface area contributed by atoms with Gasteiger partial charge in [0.25, 0.3) is 0 Å². The van der Waals surface area contributed by atoms with Crippen molar-refractivity contribution in [3.63, 3.8) is 0 Å². The van der Waals surface area contributed by atoms with E-state index in [1.54, 1.807) is 0 Å². The molecule has 0 saturated heterocycles. The number of nitrogens with one attached hydrogen (secondary N) is 1. The van der Waals surface area contributed by atoms with Gasteiger partial charge in [0, 0.05) is 11.1 Å². The van der Waals surface area contributed by atoms with Crippen molar-refractivity contribution in [3.05, 3.63) is 71.8 Å². The predicted molar refractivity (Wildman–Crippen MR) is 93.2 cm³/mol. The van der Waals surface area contributed by atoms with Crippen LogP contribution in [0.2, 0.25) is 0 Å². The summed E-state index contributed by atoms with van der Waals surface area (Å²) in [5.74, 6) is -0.0448. The Balaban J connectivity index is 2.21. The molecule has 1 unspecified atom stereocenters. The van der Waals surface area contributed by atoms with Gasteiger partial charge in [-0.05, 0) is 25.8 Å². The second-order valence-corrected chi connectivity index (χ2v) is 6.37. The van der Waals surface area contributed by atoms with Gasteiger partial charge in [-0.2, -0.15) is 5.48 Å². The normalized spacial score (nSPS) is 12.8. The lowest BCUT2D eigenvalue weighted by Gasteiger charge is -2.28. The molecule has 0 aliphatic rings. The number of hydroxylamine groups is 1. The summed E-state index contributed by atoms with van der Waals surface area (Å²) in [4.78, 5) is 18.7. The van der Waals surface area contributed by atoms with Crippen LogP contribution in [0.4, 0.5) is 0 Å². The maximum atomic E-state index is 12.9. The minimum Gasteiger partial charge on any atom is -0.291 e. The molecule has 0 spiro atoms. The molecule has 3 heteroatoms. The fraction of sp³-hybridized carbons (Fsp3) is 0.350. The molecule has 0 aliphatic heterocycles. The Labute approximate surface area is 138 Å². The van der Waals surface area contributed by atoms with Crippen molar-refractivity contribution >= 4 is 5.78 Å². The van der Waals surface area contributed by atoms with Crippen LogP contribution >= 0.6 is 0 Å². The smallest absolute Gasteiger partial charge is 0.198 e. The molecule has 0 amide bonds. The van der Waals surface area contributed by atoms with Crippen molar-refractivity contribution in [3.8, 4) is 0 Å². The van der Waals surface area contributed by atoms with Crippen LogP contribution in [0, 0.1) is 0 Å². The van der Waals surface area contributed by atoms with Gasteiger partial charge in [-0.15, -0.1) is 0 Å². The summed E-state index contributed by atoms with van der Waals surface area (Å²) in [6.45, 7) is 6.28. The fourth-order valence-electron chi connectivity index (χ4n) is 2.55. The lowest BCUT2D eigenvalue weighted by molar-refractivity contribution is -0.0547. The number of Topliss-reactive ketones (excluding diaryl/α,β-unsaturated/α-hetero) is 1. The molecule has 122 valence electrons. The number of ketones is 1. The molecule has 2 aromatic rings. The highest BCUT2D eigenvalue weighted by molar-refractivity contribution is 6.00. The molecule has 23 heavy (non-hydrogen) atoms. The van der Waals surface area contributed by atoms with Crippen LogP contribution in [0.5, 0.6) is 0 Å². The zero-order chi connectivity index (χ0) is 16.7. The average Bonchev–Trinajstić information content (AvgIpc) is 2.56. The van der Waals surface area contributed by atoms with Crippen molar-refractivity contribution in [2.75, 3.05) is 0 Å². The lowest BCUT2D eigenvalue weighted by Crippen LogP contribution is -2.41. The first kappa shape index (κ1) is 17.4. The van der Waals surface area contributed by atoms with Gasteiger partial charge >= 0.3 is 0 Å². The highest BCUT2D eigenvalue weighted by Crippen LogP contribution is 2.23. The molecule has 0 fully saturated rings. The quantitative estimate of drug-likeness (QED) is 0.567. The van der Waals surface area contributed by atoms with Crippen molar-refractivity contribution in [1.82, 2.24) is 5.48 Å². The SMILES string of the molecule is CCCC(C)(C)NOC(C(=O)c1ccccc1)c1ccccc1. The second-order valence-electron chi connectivity index (χ2n) is 6.37. The number of hydrogen-bond acceptors (Lipinski definition) is 3. The molecular weight excluding hydrogens is 286 g/mol. The summed E-state index contributed by atoms with van der Waals surface area (Å²) in [6.07, 6.45) is 1.36. The molecule has 0 aromatic heterocycles. The molecule has 1 N–H and O–H groups in total. The first-order chi connectivity index (χ1) is 11.0. The number of carbonyl (C=O) groups is 1. The maximum absolute atomic E-state index is 12.9. The van der Waals surface area contributed by atoms with Gasteiger partial charge in [-0.1, -0.05) is 74.0 Å². The van der Waals surface area contributed by atoms with E-state index in [-0.39, 0.29) is 11.3 Å². The van der Waals surface area contributed by atoms with E-state index in [1.165, 1.54) is 0 Å². The van der Waals surface area contributed by atoms with Crippen LogP contribution in [0.15, 0.2) is 60.7 Å². The van der Waals surface area contributed by atoms with Gasteiger partial charge < -0.3 is 0 Å². The van der Waals surface area contributed by atoms with E-state index in [4.69, 9.17) is 4.84 Å². The van der Waals surface area contributed by atoms with Gasteiger partial charge in [0.05, 0.1) is 0 Å². The molecular formula is C20H25NO2.